The second-order valence-electron chi connectivity index (χ2n) is 8.48. The van der Waals surface area contributed by atoms with Gasteiger partial charge in [-0.15, -0.1) is 0 Å². The van der Waals surface area contributed by atoms with Crippen molar-refractivity contribution >= 4 is 17.4 Å². The molecule has 1 aromatic rings. The number of carbonyl (C=O) groups excluding carboxylic acids is 1. The van der Waals surface area contributed by atoms with Gasteiger partial charge in [0.25, 0.3) is 0 Å². The van der Waals surface area contributed by atoms with Crippen LogP contribution in [0, 0.1) is 10.6 Å². The van der Waals surface area contributed by atoms with Crippen molar-refractivity contribution < 1.29 is 19.3 Å². The predicted octanol–water partition coefficient (Wildman–Crippen LogP) is 2.37. The Morgan fingerprint density at radius 3 is 2.96 bits per heavy atom. The molecular weight excluding hydrogens is 344 g/mol. The molecule has 0 amide bonds. The van der Waals surface area contributed by atoms with Crippen molar-refractivity contribution in [3.8, 4) is 0 Å². The maximum absolute atomic E-state index is 13.9. The summed E-state index contributed by atoms with van der Waals surface area (Å²) in [4.78, 5) is 17.6. The first-order valence-electron chi connectivity index (χ1n) is 9.62. The number of rotatable bonds is 2. The van der Waals surface area contributed by atoms with Gasteiger partial charge in [0, 0.05) is 18.3 Å². The molecule has 1 aliphatic carbocycles. The molecule has 2 unspecified atom stereocenters. The van der Waals surface area contributed by atoms with Crippen LogP contribution in [0.3, 0.4) is 0 Å². The number of aliphatic imine (C=N–C) groups is 1. The number of para-hydroxylation sites is 1. The third kappa shape index (κ3) is 1.77. The lowest BCUT2D eigenvalue weighted by Crippen LogP contribution is -2.73. The van der Waals surface area contributed by atoms with Crippen LogP contribution in [-0.4, -0.2) is 53.3 Å². The number of nitrogens with zero attached hydrogens (tertiary/aromatic N) is 2. The number of aliphatic hydroxyl groups is 1. The van der Waals surface area contributed by atoms with Gasteiger partial charge >= 0.3 is 5.97 Å². The van der Waals surface area contributed by atoms with E-state index in [9.17, 15) is 15.1 Å². The van der Waals surface area contributed by atoms with Crippen LogP contribution < -0.4 is 0 Å². The molecule has 142 valence electrons. The summed E-state index contributed by atoms with van der Waals surface area (Å²) in [7, 11) is 1.29. The van der Waals surface area contributed by atoms with Crippen LogP contribution in [0.15, 0.2) is 41.4 Å². The van der Waals surface area contributed by atoms with Gasteiger partial charge in [0.15, 0.2) is 0 Å². The fourth-order valence-electron chi connectivity index (χ4n) is 6.52. The number of benzene rings is 1. The Kier molecular flexibility index (Phi) is 3.21. The summed E-state index contributed by atoms with van der Waals surface area (Å²) < 4.78 is 4.71. The molecule has 3 heterocycles. The maximum Gasteiger partial charge on any atom is 0.343 e. The van der Waals surface area contributed by atoms with Crippen LogP contribution >= 0.6 is 0 Å². The van der Waals surface area contributed by atoms with E-state index in [1.165, 1.54) is 7.11 Å². The van der Waals surface area contributed by atoms with Crippen LogP contribution in [-0.2, 0) is 14.9 Å². The van der Waals surface area contributed by atoms with E-state index in [1.54, 1.807) is 0 Å². The van der Waals surface area contributed by atoms with E-state index in [0.717, 1.165) is 11.3 Å². The molecule has 1 saturated heterocycles. The fraction of sp³-hybridized carbons (Fsp3) is 0.524. The van der Waals surface area contributed by atoms with Crippen LogP contribution in [0.25, 0.3) is 0 Å². The topological polar surface area (TPSA) is 82.0 Å². The fourth-order valence-corrected chi connectivity index (χ4v) is 6.52. The highest BCUT2D eigenvalue weighted by Crippen LogP contribution is 2.65. The number of ether oxygens (including phenoxy) is 1. The van der Waals surface area contributed by atoms with E-state index in [0.29, 0.717) is 31.6 Å². The van der Waals surface area contributed by atoms with Gasteiger partial charge in [-0.2, -0.15) is 0 Å². The highest BCUT2D eigenvalue weighted by Gasteiger charge is 2.76. The molecule has 6 heteroatoms. The molecule has 0 radical (unpaired) electrons. The standard InChI is InChI=1S/C21H24N2O4/c1-3-19-9-6-11-23(26)12-10-20(17(19)23)14-7-4-5-8-15(14)22-16(20)21(25,13-19)18(24)27-2/h4-9,17,25H,3,10-13H2,1-2H3/t17-,19-,20-,21?,23?/m0/s1. The Morgan fingerprint density at radius 2 is 2.22 bits per heavy atom. The number of esters is 1. The lowest BCUT2D eigenvalue weighted by Gasteiger charge is -2.61. The minimum absolute atomic E-state index is 0.140. The Labute approximate surface area is 158 Å². The van der Waals surface area contributed by atoms with E-state index in [-0.39, 0.29) is 17.1 Å². The summed E-state index contributed by atoms with van der Waals surface area (Å²) in [6.07, 6.45) is 5.41. The number of fused-ring (bicyclic) bond motifs is 1. The van der Waals surface area contributed by atoms with Gasteiger partial charge in [0.2, 0.25) is 5.60 Å². The second kappa shape index (κ2) is 5.07. The third-order valence-corrected chi connectivity index (χ3v) is 7.43. The summed E-state index contributed by atoms with van der Waals surface area (Å²) in [5, 5.41) is 25.6. The number of hydroxylamine groups is 3. The Hall–Kier alpha value is -2.02. The quantitative estimate of drug-likeness (QED) is 0.376. The first kappa shape index (κ1) is 17.1. The molecule has 5 rings (SSSR count). The number of hydrogen-bond donors (Lipinski definition) is 1. The van der Waals surface area contributed by atoms with Gasteiger partial charge in [0.1, 0.15) is 6.04 Å². The molecule has 1 aromatic carbocycles. The minimum Gasteiger partial charge on any atom is -0.632 e. The van der Waals surface area contributed by atoms with Gasteiger partial charge < -0.3 is 19.7 Å². The van der Waals surface area contributed by atoms with Gasteiger partial charge in [-0.3, -0.25) is 4.99 Å². The molecule has 27 heavy (non-hydrogen) atoms. The van der Waals surface area contributed by atoms with Crippen molar-refractivity contribution in [2.75, 3.05) is 20.2 Å². The Balaban J connectivity index is 1.86. The van der Waals surface area contributed by atoms with Crippen LogP contribution in [0.5, 0.6) is 0 Å². The number of carbonyl (C=O) groups is 1. The minimum atomic E-state index is -1.82. The van der Waals surface area contributed by atoms with Crippen LogP contribution in [0.4, 0.5) is 5.69 Å². The SMILES string of the molecule is CC[C@]12C=CC[N+]3([O-])CC[C@]4(C(=Nc5ccccc54)C(O)(C(=O)OC)C1)[C@H]23. The van der Waals surface area contributed by atoms with Crippen molar-refractivity contribution in [2.24, 2.45) is 10.4 Å². The first-order valence-corrected chi connectivity index (χ1v) is 9.62. The second-order valence-corrected chi connectivity index (χ2v) is 8.48. The highest BCUT2D eigenvalue weighted by molar-refractivity contribution is 6.19. The van der Waals surface area contributed by atoms with E-state index < -0.39 is 22.4 Å². The molecule has 1 saturated carbocycles. The van der Waals surface area contributed by atoms with E-state index in [2.05, 4.69) is 6.08 Å². The molecule has 6 nitrogen and oxygen atoms in total. The van der Waals surface area contributed by atoms with Gasteiger partial charge in [-0.25, -0.2) is 4.79 Å². The molecule has 0 aromatic heterocycles. The summed E-state index contributed by atoms with van der Waals surface area (Å²) in [6, 6.07) is 7.46. The van der Waals surface area contributed by atoms with Crippen molar-refractivity contribution in [1.29, 1.82) is 0 Å². The molecular formula is C21H24N2O4. The van der Waals surface area contributed by atoms with Crippen molar-refractivity contribution in [2.45, 2.75) is 43.2 Å². The smallest absolute Gasteiger partial charge is 0.343 e. The van der Waals surface area contributed by atoms with Crippen LogP contribution in [0.1, 0.15) is 31.7 Å². The average molecular weight is 368 g/mol. The van der Waals surface area contributed by atoms with E-state index in [1.807, 2.05) is 37.3 Å². The van der Waals surface area contributed by atoms with E-state index in [4.69, 9.17) is 9.73 Å². The zero-order valence-corrected chi connectivity index (χ0v) is 15.6. The molecule has 5 atom stereocenters. The van der Waals surface area contributed by atoms with Crippen LogP contribution in [0.2, 0.25) is 0 Å². The molecule has 2 fully saturated rings. The van der Waals surface area contributed by atoms with Gasteiger partial charge in [0.05, 0.1) is 37.0 Å². The summed E-state index contributed by atoms with van der Waals surface area (Å²) >= 11 is 0. The average Bonchev–Trinajstić information content (AvgIpc) is 3.18. The normalized spacial score (nSPS) is 43.6. The monoisotopic (exact) mass is 368 g/mol. The molecule has 1 spiro atoms. The van der Waals surface area contributed by atoms with E-state index >= 15 is 0 Å². The molecule has 1 N–H and O–H groups in total. The zero-order valence-electron chi connectivity index (χ0n) is 15.6. The maximum atomic E-state index is 13.9. The Morgan fingerprint density at radius 1 is 1.44 bits per heavy atom. The molecule has 0 bridgehead atoms. The van der Waals surface area contributed by atoms with Gasteiger partial charge in [-0.1, -0.05) is 31.2 Å². The third-order valence-electron chi connectivity index (χ3n) is 7.43. The number of hydrogen-bond acceptors (Lipinski definition) is 5. The number of quaternary nitrogens is 1. The summed E-state index contributed by atoms with van der Waals surface area (Å²) in [6.45, 7) is 2.92. The molecule has 4 aliphatic rings. The summed E-state index contributed by atoms with van der Waals surface area (Å²) in [5.74, 6) is -0.686. The van der Waals surface area contributed by atoms with Gasteiger partial charge in [-0.05, 0) is 24.1 Å². The summed E-state index contributed by atoms with van der Waals surface area (Å²) in [5.41, 5.74) is -0.975. The Bertz CT molecular complexity index is 911. The van der Waals surface area contributed by atoms with Crippen molar-refractivity contribution in [3.05, 3.63) is 47.2 Å². The first-order chi connectivity index (χ1) is 12.9. The lowest BCUT2D eigenvalue weighted by atomic mass is 9.50. The number of methoxy groups -OCH3 is 1. The largest absolute Gasteiger partial charge is 0.632 e. The zero-order chi connectivity index (χ0) is 19.1. The lowest BCUT2D eigenvalue weighted by molar-refractivity contribution is -0.898. The van der Waals surface area contributed by atoms with Crippen molar-refractivity contribution in [3.63, 3.8) is 0 Å². The highest BCUT2D eigenvalue weighted by atomic mass is 16.6. The molecule has 3 aliphatic heterocycles. The van der Waals surface area contributed by atoms with Crippen molar-refractivity contribution in [1.82, 2.24) is 0 Å². The predicted molar refractivity (Wildman–Crippen MR) is 100 cm³/mol.